The standard InChI is InChI=1S/C11H15NO3S2/c1-16-10-2-4-11(5-3-10)17(13,14)12-6-8-15-9-7-12/h2-5H,6-9H2,1H3. The van der Waals surface area contributed by atoms with E-state index in [1.54, 1.807) is 23.9 Å². The van der Waals surface area contributed by atoms with Crippen LogP contribution in [0.4, 0.5) is 0 Å². The van der Waals surface area contributed by atoms with Crippen molar-refractivity contribution in [1.29, 1.82) is 0 Å². The molecule has 0 aromatic heterocycles. The normalized spacial score (nSPS) is 18.2. The molecule has 0 aliphatic carbocycles. The van der Waals surface area contributed by atoms with Crippen LogP contribution in [0, 0.1) is 0 Å². The Bertz CT molecular complexity index is 464. The zero-order valence-corrected chi connectivity index (χ0v) is 11.3. The highest BCUT2D eigenvalue weighted by Crippen LogP contribution is 2.21. The van der Waals surface area contributed by atoms with Crippen molar-refractivity contribution in [2.24, 2.45) is 0 Å². The molecule has 0 bridgehead atoms. The molecule has 4 nitrogen and oxygen atoms in total. The van der Waals surface area contributed by atoms with Crippen LogP contribution >= 0.6 is 11.8 Å². The third kappa shape index (κ3) is 2.82. The smallest absolute Gasteiger partial charge is 0.243 e. The molecule has 0 amide bonds. The molecule has 1 aromatic carbocycles. The Labute approximate surface area is 106 Å². The van der Waals surface area contributed by atoms with E-state index < -0.39 is 10.0 Å². The van der Waals surface area contributed by atoms with Crippen molar-refractivity contribution < 1.29 is 13.2 Å². The average Bonchev–Trinajstić information content (AvgIpc) is 2.40. The minimum atomic E-state index is -3.34. The molecule has 1 aliphatic rings. The molecular weight excluding hydrogens is 258 g/mol. The number of ether oxygens (including phenoxy) is 1. The van der Waals surface area contributed by atoms with Crippen molar-refractivity contribution in [2.45, 2.75) is 9.79 Å². The van der Waals surface area contributed by atoms with E-state index in [4.69, 9.17) is 4.74 Å². The second-order valence-electron chi connectivity index (χ2n) is 3.69. The molecule has 0 saturated carbocycles. The molecule has 1 heterocycles. The van der Waals surface area contributed by atoms with Crippen molar-refractivity contribution in [3.8, 4) is 0 Å². The van der Waals surface area contributed by atoms with Gasteiger partial charge in [-0.15, -0.1) is 11.8 Å². The molecule has 1 aromatic rings. The lowest BCUT2D eigenvalue weighted by Crippen LogP contribution is -2.40. The summed E-state index contributed by atoms with van der Waals surface area (Å²) >= 11 is 1.60. The van der Waals surface area contributed by atoms with E-state index in [0.717, 1.165) is 4.90 Å². The summed E-state index contributed by atoms with van der Waals surface area (Å²) in [5.41, 5.74) is 0. The maximum Gasteiger partial charge on any atom is 0.243 e. The van der Waals surface area contributed by atoms with Crippen LogP contribution in [-0.4, -0.2) is 45.3 Å². The van der Waals surface area contributed by atoms with Crippen LogP contribution < -0.4 is 0 Å². The van der Waals surface area contributed by atoms with Gasteiger partial charge in [0.15, 0.2) is 0 Å². The summed E-state index contributed by atoms with van der Waals surface area (Å²) < 4.78 is 31.1. The number of nitrogens with zero attached hydrogens (tertiary/aromatic N) is 1. The number of sulfonamides is 1. The van der Waals surface area contributed by atoms with Gasteiger partial charge < -0.3 is 4.74 Å². The molecule has 1 fully saturated rings. The van der Waals surface area contributed by atoms with E-state index >= 15 is 0 Å². The summed E-state index contributed by atoms with van der Waals surface area (Å²) in [5, 5.41) is 0. The minimum Gasteiger partial charge on any atom is -0.379 e. The van der Waals surface area contributed by atoms with Crippen LogP contribution in [0.2, 0.25) is 0 Å². The maximum atomic E-state index is 12.3. The van der Waals surface area contributed by atoms with E-state index in [9.17, 15) is 8.42 Å². The lowest BCUT2D eigenvalue weighted by molar-refractivity contribution is 0.0730. The fourth-order valence-corrected chi connectivity index (χ4v) is 3.50. The van der Waals surface area contributed by atoms with Crippen LogP contribution in [0.1, 0.15) is 0 Å². The Hall–Kier alpha value is -0.560. The Balaban J connectivity index is 2.23. The SMILES string of the molecule is CSc1ccc(S(=O)(=O)N2CCOCC2)cc1. The van der Waals surface area contributed by atoms with Crippen molar-refractivity contribution >= 4 is 21.8 Å². The van der Waals surface area contributed by atoms with E-state index in [1.165, 1.54) is 4.31 Å². The third-order valence-electron chi connectivity index (χ3n) is 2.67. The van der Waals surface area contributed by atoms with Gasteiger partial charge in [-0.1, -0.05) is 0 Å². The van der Waals surface area contributed by atoms with Crippen LogP contribution in [0.15, 0.2) is 34.1 Å². The second kappa shape index (κ2) is 5.39. The number of benzene rings is 1. The zero-order valence-electron chi connectivity index (χ0n) is 9.63. The molecule has 94 valence electrons. The van der Waals surface area contributed by atoms with Gasteiger partial charge >= 0.3 is 0 Å². The Morgan fingerprint density at radius 1 is 1.18 bits per heavy atom. The fraction of sp³-hybridized carbons (Fsp3) is 0.455. The van der Waals surface area contributed by atoms with E-state index in [2.05, 4.69) is 0 Å². The van der Waals surface area contributed by atoms with Crippen LogP contribution in [-0.2, 0) is 14.8 Å². The first-order valence-electron chi connectivity index (χ1n) is 5.36. The summed E-state index contributed by atoms with van der Waals surface area (Å²) in [7, 11) is -3.34. The Kier molecular flexibility index (Phi) is 4.09. The van der Waals surface area contributed by atoms with Crippen molar-refractivity contribution in [2.75, 3.05) is 32.6 Å². The molecular formula is C11H15NO3S2. The summed E-state index contributed by atoms with van der Waals surface area (Å²) in [6, 6.07) is 6.99. The molecule has 0 spiro atoms. The number of thioether (sulfide) groups is 1. The average molecular weight is 273 g/mol. The monoisotopic (exact) mass is 273 g/mol. The first-order valence-corrected chi connectivity index (χ1v) is 8.03. The molecule has 0 atom stereocenters. The Morgan fingerprint density at radius 2 is 1.76 bits per heavy atom. The number of morpholine rings is 1. The number of hydrogen-bond acceptors (Lipinski definition) is 4. The number of rotatable bonds is 3. The van der Waals surface area contributed by atoms with Gasteiger partial charge in [0.1, 0.15) is 0 Å². The van der Waals surface area contributed by atoms with Gasteiger partial charge in [-0.3, -0.25) is 0 Å². The van der Waals surface area contributed by atoms with E-state index in [0.29, 0.717) is 31.2 Å². The molecule has 0 N–H and O–H groups in total. The molecule has 17 heavy (non-hydrogen) atoms. The summed E-state index contributed by atoms with van der Waals surface area (Å²) in [6.45, 7) is 1.82. The highest BCUT2D eigenvalue weighted by molar-refractivity contribution is 7.98. The van der Waals surface area contributed by atoms with Crippen LogP contribution in [0.25, 0.3) is 0 Å². The highest BCUT2D eigenvalue weighted by atomic mass is 32.2. The summed E-state index contributed by atoms with van der Waals surface area (Å²) in [6.07, 6.45) is 1.96. The predicted octanol–water partition coefficient (Wildman–Crippen LogP) is 1.43. The van der Waals surface area contributed by atoms with Crippen molar-refractivity contribution in [3.05, 3.63) is 24.3 Å². The molecule has 1 saturated heterocycles. The van der Waals surface area contributed by atoms with Crippen LogP contribution in [0.5, 0.6) is 0 Å². The second-order valence-corrected chi connectivity index (χ2v) is 6.51. The van der Waals surface area contributed by atoms with E-state index in [1.807, 2.05) is 18.4 Å². The molecule has 6 heteroatoms. The van der Waals surface area contributed by atoms with Gasteiger partial charge in [0, 0.05) is 18.0 Å². The quantitative estimate of drug-likeness (QED) is 0.782. The maximum absolute atomic E-state index is 12.3. The summed E-state index contributed by atoms with van der Waals surface area (Å²) in [4.78, 5) is 1.42. The molecule has 0 unspecified atom stereocenters. The first kappa shape index (κ1) is 12.9. The lowest BCUT2D eigenvalue weighted by atomic mass is 10.4. The Morgan fingerprint density at radius 3 is 2.29 bits per heavy atom. The van der Waals surface area contributed by atoms with Gasteiger partial charge in [0.05, 0.1) is 18.1 Å². The first-order chi connectivity index (χ1) is 8.14. The van der Waals surface area contributed by atoms with Gasteiger partial charge in [0.25, 0.3) is 0 Å². The number of hydrogen-bond donors (Lipinski definition) is 0. The zero-order chi connectivity index (χ0) is 12.3. The van der Waals surface area contributed by atoms with Crippen molar-refractivity contribution in [3.63, 3.8) is 0 Å². The minimum absolute atomic E-state index is 0.359. The van der Waals surface area contributed by atoms with Gasteiger partial charge in [-0.25, -0.2) is 8.42 Å². The topological polar surface area (TPSA) is 46.6 Å². The molecule has 0 radical (unpaired) electrons. The van der Waals surface area contributed by atoms with Crippen LogP contribution in [0.3, 0.4) is 0 Å². The van der Waals surface area contributed by atoms with Gasteiger partial charge in [0.2, 0.25) is 10.0 Å². The van der Waals surface area contributed by atoms with Gasteiger partial charge in [-0.05, 0) is 30.5 Å². The highest BCUT2D eigenvalue weighted by Gasteiger charge is 2.25. The van der Waals surface area contributed by atoms with E-state index in [-0.39, 0.29) is 0 Å². The fourth-order valence-electron chi connectivity index (χ4n) is 1.68. The predicted molar refractivity (Wildman–Crippen MR) is 67.8 cm³/mol. The lowest BCUT2D eigenvalue weighted by Gasteiger charge is -2.26. The third-order valence-corrected chi connectivity index (χ3v) is 5.32. The molecule has 2 rings (SSSR count). The van der Waals surface area contributed by atoms with Gasteiger partial charge in [-0.2, -0.15) is 4.31 Å². The largest absolute Gasteiger partial charge is 0.379 e. The summed E-state index contributed by atoms with van der Waals surface area (Å²) in [5.74, 6) is 0. The van der Waals surface area contributed by atoms with Crippen molar-refractivity contribution in [1.82, 2.24) is 4.31 Å². The molecule has 1 aliphatic heterocycles.